The van der Waals surface area contributed by atoms with Crippen molar-refractivity contribution < 1.29 is 18.5 Å². The molecular weight excluding hydrogens is 264 g/mol. The minimum absolute atomic E-state index is 0.363. The van der Waals surface area contributed by atoms with Crippen molar-refractivity contribution in [3.05, 3.63) is 0 Å². The predicted octanol–water partition coefficient (Wildman–Crippen LogP) is 2.37. The highest BCUT2D eigenvalue weighted by atomic mass is 79.9. The molecule has 1 aliphatic carbocycles. The molecule has 0 saturated heterocycles. The van der Waals surface area contributed by atoms with Gasteiger partial charge in [-0.15, -0.1) is 0 Å². The monoisotopic (exact) mass is 278 g/mol. The van der Waals surface area contributed by atoms with Crippen LogP contribution in [0.5, 0.6) is 0 Å². The molecule has 0 heterocycles. The normalized spacial score (nSPS) is 33.7. The molecule has 15 heavy (non-hydrogen) atoms. The average Bonchev–Trinajstić information content (AvgIpc) is 2.39. The summed E-state index contributed by atoms with van der Waals surface area (Å²) in [5.74, 6) is -1.60. The van der Waals surface area contributed by atoms with Gasteiger partial charge < -0.3 is 8.93 Å². The Balaban J connectivity index is 3.04. The summed E-state index contributed by atoms with van der Waals surface area (Å²) in [6.45, 7) is 5.31. The second-order valence-corrected chi connectivity index (χ2v) is 5.17. The second kappa shape index (κ2) is 3.77. The molecule has 1 aliphatic rings. The molecule has 0 radical (unpaired) electrons. The van der Waals surface area contributed by atoms with Crippen molar-refractivity contribution in [2.45, 2.75) is 33.6 Å². The van der Waals surface area contributed by atoms with Crippen molar-refractivity contribution >= 4 is 28.2 Å². The maximum Gasteiger partial charge on any atom is 0.320 e. The van der Waals surface area contributed by atoms with Crippen LogP contribution in [0.3, 0.4) is 0 Å². The van der Waals surface area contributed by atoms with Crippen LogP contribution >= 0.6 is 16.3 Å². The Hall–Kier alpha value is -0.580. The summed E-state index contributed by atoms with van der Waals surface area (Å²) in [4.78, 5) is 22.7. The van der Waals surface area contributed by atoms with E-state index in [1.54, 1.807) is 6.92 Å². The molecule has 5 heteroatoms. The molecule has 2 atom stereocenters. The van der Waals surface area contributed by atoms with Crippen LogP contribution in [0.15, 0.2) is 0 Å². The third-order valence-corrected chi connectivity index (χ3v) is 4.38. The van der Waals surface area contributed by atoms with E-state index < -0.39 is 16.8 Å². The van der Waals surface area contributed by atoms with Gasteiger partial charge in [-0.1, -0.05) is 13.8 Å². The van der Waals surface area contributed by atoms with E-state index >= 15 is 0 Å². The van der Waals surface area contributed by atoms with Gasteiger partial charge in [0, 0.05) is 0 Å². The first-order valence-electron chi connectivity index (χ1n) is 4.83. The molecule has 4 nitrogen and oxygen atoms in total. The fourth-order valence-electron chi connectivity index (χ4n) is 2.35. The predicted molar refractivity (Wildman–Crippen MR) is 57.3 cm³/mol. The Morgan fingerprint density at radius 3 is 2.27 bits per heavy atom. The Morgan fingerprint density at radius 2 is 1.93 bits per heavy atom. The van der Waals surface area contributed by atoms with Crippen LogP contribution in [0.4, 0.5) is 0 Å². The lowest BCUT2D eigenvalue weighted by Crippen LogP contribution is -2.42. The van der Waals surface area contributed by atoms with E-state index in [1.165, 1.54) is 0 Å². The first-order valence-corrected chi connectivity index (χ1v) is 5.48. The highest BCUT2D eigenvalue weighted by molar-refractivity contribution is 9.06. The van der Waals surface area contributed by atoms with Gasteiger partial charge in [-0.05, 0) is 25.2 Å². The van der Waals surface area contributed by atoms with Crippen LogP contribution in [0.2, 0.25) is 0 Å². The number of carboxylic acids is 1. The first kappa shape index (κ1) is 12.5. The van der Waals surface area contributed by atoms with Crippen LogP contribution in [-0.2, 0) is 13.4 Å². The minimum atomic E-state index is -0.862. The fraction of sp³-hybridized carbons (Fsp3) is 0.800. The largest absolute Gasteiger partial charge is 0.481 e. The van der Waals surface area contributed by atoms with Crippen LogP contribution in [0.25, 0.3) is 0 Å². The number of halogens is 1. The van der Waals surface area contributed by atoms with Crippen molar-refractivity contribution in [2.75, 3.05) is 0 Å². The Labute approximate surface area is 97.4 Å². The number of hydrogen-bond donors (Lipinski definition) is 1. The molecule has 86 valence electrons. The van der Waals surface area contributed by atoms with E-state index in [0.717, 1.165) is 0 Å². The maximum absolute atomic E-state index is 11.5. The quantitative estimate of drug-likeness (QED) is 0.842. The van der Waals surface area contributed by atoms with Gasteiger partial charge in [0.2, 0.25) is 0 Å². The van der Waals surface area contributed by atoms with Crippen molar-refractivity contribution in [3.8, 4) is 0 Å². The number of carboxylic acid groups (broad SMARTS) is 1. The van der Waals surface area contributed by atoms with E-state index in [0.29, 0.717) is 12.8 Å². The molecule has 0 spiro atoms. The van der Waals surface area contributed by atoms with Crippen molar-refractivity contribution in [2.24, 2.45) is 16.7 Å². The van der Waals surface area contributed by atoms with Gasteiger partial charge in [0.25, 0.3) is 0 Å². The first-order chi connectivity index (χ1) is 6.77. The number of rotatable bonds is 2. The number of hydrogen-bond acceptors (Lipinski definition) is 3. The number of carbonyl (C=O) groups is 2. The standard InChI is InChI=1S/C10H15BrO4/c1-9(2)6(7(12)15-11)4-5-10(9,3)8(13)14/h6H,4-5H2,1-3H3,(H,13,14). The molecule has 0 aromatic heterocycles. The van der Waals surface area contributed by atoms with Crippen LogP contribution < -0.4 is 0 Å². The molecule has 1 rings (SSSR count). The molecule has 0 aromatic rings. The van der Waals surface area contributed by atoms with Crippen LogP contribution in [0, 0.1) is 16.7 Å². The molecule has 0 bridgehead atoms. The molecule has 0 aromatic carbocycles. The summed E-state index contributed by atoms with van der Waals surface area (Å²) in [5, 5.41) is 9.22. The molecule has 2 unspecified atom stereocenters. The van der Waals surface area contributed by atoms with Crippen LogP contribution in [0.1, 0.15) is 33.6 Å². The smallest absolute Gasteiger partial charge is 0.320 e. The Bertz CT molecular complexity index is 300. The lowest BCUT2D eigenvalue weighted by molar-refractivity contribution is -0.156. The zero-order valence-electron chi connectivity index (χ0n) is 9.04. The van der Waals surface area contributed by atoms with Crippen molar-refractivity contribution in [3.63, 3.8) is 0 Å². The molecule has 0 aliphatic heterocycles. The van der Waals surface area contributed by atoms with Crippen molar-refractivity contribution in [1.29, 1.82) is 0 Å². The summed E-state index contributed by atoms with van der Waals surface area (Å²) in [5.41, 5.74) is -1.46. The van der Waals surface area contributed by atoms with Gasteiger partial charge in [0.15, 0.2) is 16.3 Å². The third kappa shape index (κ3) is 1.67. The zero-order valence-corrected chi connectivity index (χ0v) is 10.6. The summed E-state index contributed by atoms with van der Waals surface area (Å²) in [6.07, 6.45) is 1.06. The van der Waals surface area contributed by atoms with Gasteiger partial charge in [-0.2, -0.15) is 0 Å². The summed E-state index contributed by atoms with van der Waals surface area (Å²) in [7, 11) is 0. The molecule has 1 saturated carbocycles. The zero-order chi connectivity index (χ0) is 11.9. The van der Waals surface area contributed by atoms with Crippen molar-refractivity contribution in [1.82, 2.24) is 0 Å². The van der Waals surface area contributed by atoms with E-state index in [-0.39, 0.29) is 11.9 Å². The summed E-state index contributed by atoms with van der Waals surface area (Å²) < 4.78 is 4.52. The van der Waals surface area contributed by atoms with E-state index in [2.05, 4.69) is 20.1 Å². The maximum atomic E-state index is 11.5. The Morgan fingerprint density at radius 1 is 1.40 bits per heavy atom. The van der Waals surface area contributed by atoms with E-state index in [4.69, 9.17) is 0 Å². The van der Waals surface area contributed by atoms with Gasteiger partial charge in [0.1, 0.15) is 0 Å². The van der Waals surface area contributed by atoms with Gasteiger partial charge in [-0.3, -0.25) is 9.59 Å². The highest BCUT2D eigenvalue weighted by Gasteiger charge is 2.58. The van der Waals surface area contributed by atoms with Gasteiger partial charge >= 0.3 is 11.9 Å². The summed E-state index contributed by atoms with van der Waals surface area (Å²) >= 11 is 2.65. The summed E-state index contributed by atoms with van der Waals surface area (Å²) in [6, 6.07) is 0. The van der Waals surface area contributed by atoms with Gasteiger partial charge in [-0.25, -0.2) is 0 Å². The third-order valence-electron chi connectivity index (χ3n) is 4.06. The average molecular weight is 279 g/mol. The molecule has 1 N–H and O–H groups in total. The molecular formula is C10H15BrO4. The van der Waals surface area contributed by atoms with E-state index in [1.807, 2.05) is 13.8 Å². The second-order valence-electron chi connectivity index (χ2n) is 4.85. The SMILES string of the molecule is CC1(C(=O)O)CCC(C(=O)OBr)C1(C)C. The minimum Gasteiger partial charge on any atom is -0.481 e. The number of carbonyl (C=O) groups excluding carboxylic acids is 1. The molecule has 1 fully saturated rings. The highest BCUT2D eigenvalue weighted by Crippen LogP contribution is 2.56. The fourth-order valence-corrected chi connectivity index (χ4v) is 2.57. The lowest BCUT2D eigenvalue weighted by Gasteiger charge is -2.36. The number of aliphatic carboxylic acids is 1. The van der Waals surface area contributed by atoms with Crippen LogP contribution in [-0.4, -0.2) is 17.0 Å². The topological polar surface area (TPSA) is 63.6 Å². The lowest BCUT2D eigenvalue weighted by atomic mass is 9.66. The molecule has 0 amide bonds. The Kier molecular flexibility index (Phi) is 3.14. The van der Waals surface area contributed by atoms with Gasteiger partial charge in [0.05, 0.1) is 11.3 Å². The van der Waals surface area contributed by atoms with E-state index in [9.17, 15) is 14.7 Å².